The molecule has 4 rings (SSSR count). The lowest BCUT2D eigenvalue weighted by Gasteiger charge is -2.29. The Balaban J connectivity index is 1.34. The number of piperidine rings is 1. The summed E-state index contributed by atoms with van der Waals surface area (Å²) in [7, 11) is 0. The number of hydrogen-bond acceptors (Lipinski definition) is 6. The first kappa shape index (κ1) is 15.8. The SMILES string of the molecule is O=C(/C=C/c1cccs1)N1CCC(c2nnc(-c3ccco3)o2)CC1. The lowest BCUT2D eigenvalue weighted by atomic mass is 9.97. The lowest BCUT2D eigenvalue weighted by Crippen LogP contribution is -2.36. The standard InChI is InChI=1S/C18H17N3O3S/c22-16(6-5-14-3-2-12-25-14)21-9-7-13(8-10-21)17-19-20-18(24-17)15-4-1-11-23-15/h1-6,11-13H,7-10H2/b6-5+. The zero-order valence-corrected chi connectivity index (χ0v) is 14.3. The highest BCUT2D eigenvalue weighted by atomic mass is 32.1. The van der Waals surface area contributed by atoms with E-state index in [0.717, 1.165) is 17.7 Å². The van der Waals surface area contributed by atoms with Gasteiger partial charge in [-0.15, -0.1) is 21.5 Å². The van der Waals surface area contributed by atoms with Gasteiger partial charge < -0.3 is 13.7 Å². The largest absolute Gasteiger partial charge is 0.459 e. The average molecular weight is 355 g/mol. The Kier molecular flexibility index (Phi) is 4.47. The molecule has 6 nitrogen and oxygen atoms in total. The van der Waals surface area contributed by atoms with Gasteiger partial charge in [0.15, 0.2) is 5.76 Å². The predicted octanol–water partition coefficient (Wildman–Crippen LogP) is 3.81. The molecule has 1 aliphatic rings. The second-order valence-electron chi connectivity index (χ2n) is 5.87. The van der Waals surface area contributed by atoms with E-state index >= 15 is 0 Å². The lowest BCUT2D eigenvalue weighted by molar-refractivity contribution is -0.127. The fourth-order valence-electron chi connectivity index (χ4n) is 2.89. The van der Waals surface area contributed by atoms with E-state index in [1.807, 2.05) is 28.5 Å². The molecule has 1 amide bonds. The van der Waals surface area contributed by atoms with Crippen molar-refractivity contribution < 1.29 is 13.6 Å². The molecule has 0 bridgehead atoms. The second kappa shape index (κ2) is 7.06. The number of thiophene rings is 1. The van der Waals surface area contributed by atoms with Crippen LogP contribution >= 0.6 is 11.3 Å². The monoisotopic (exact) mass is 355 g/mol. The van der Waals surface area contributed by atoms with Crippen LogP contribution in [-0.4, -0.2) is 34.1 Å². The second-order valence-corrected chi connectivity index (χ2v) is 6.85. The molecule has 128 valence electrons. The number of furan rings is 1. The van der Waals surface area contributed by atoms with Crippen molar-refractivity contribution in [2.75, 3.05) is 13.1 Å². The van der Waals surface area contributed by atoms with Gasteiger partial charge >= 0.3 is 0 Å². The molecule has 1 saturated heterocycles. The Labute approximate surface area is 148 Å². The third-order valence-corrected chi connectivity index (χ3v) is 5.10. The summed E-state index contributed by atoms with van der Waals surface area (Å²) < 4.78 is 11.0. The summed E-state index contributed by atoms with van der Waals surface area (Å²) in [5, 5.41) is 10.2. The zero-order chi connectivity index (χ0) is 17.1. The van der Waals surface area contributed by atoms with Crippen molar-refractivity contribution in [3.63, 3.8) is 0 Å². The molecule has 3 aromatic rings. The van der Waals surface area contributed by atoms with E-state index in [4.69, 9.17) is 8.83 Å². The fraction of sp³-hybridized carbons (Fsp3) is 0.278. The Morgan fingerprint density at radius 2 is 2.12 bits per heavy atom. The summed E-state index contributed by atoms with van der Waals surface area (Å²) in [5.74, 6) is 1.82. The van der Waals surface area contributed by atoms with E-state index in [0.29, 0.717) is 30.6 Å². The summed E-state index contributed by atoms with van der Waals surface area (Å²) in [4.78, 5) is 15.2. The van der Waals surface area contributed by atoms with Crippen LogP contribution in [0.4, 0.5) is 0 Å². The maximum Gasteiger partial charge on any atom is 0.283 e. The molecule has 1 fully saturated rings. The number of amides is 1. The van der Waals surface area contributed by atoms with Gasteiger partial charge in [0.25, 0.3) is 5.89 Å². The van der Waals surface area contributed by atoms with Crippen LogP contribution in [0, 0.1) is 0 Å². The minimum atomic E-state index is 0.0497. The highest BCUT2D eigenvalue weighted by molar-refractivity contribution is 7.10. The van der Waals surface area contributed by atoms with E-state index in [9.17, 15) is 4.79 Å². The maximum absolute atomic E-state index is 12.3. The maximum atomic E-state index is 12.3. The van der Waals surface area contributed by atoms with Gasteiger partial charge in [-0.05, 0) is 42.5 Å². The van der Waals surface area contributed by atoms with E-state index in [2.05, 4.69) is 10.2 Å². The number of nitrogens with zero attached hydrogens (tertiary/aromatic N) is 3. The van der Waals surface area contributed by atoms with Gasteiger partial charge in [-0.3, -0.25) is 4.79 Å². The quantitative estimate of drug-likeness (QED) is 0.666. The van der Waals surface area contributed by atoms with Crippen molar-refractivity contribution in [2.45, 2.75) is 18.8 Å². The summed E-state index contributed by atoms with van der Waals surface area (Å²) >= 11 is 1.62. The van der Waals surface area contributed by atoms with E-state index in [1.165, 1.54) is 0 Å². The molecule has 0 atom stereocenters. The number of aromatic nitrogens is 2. The molecule has 7 heteroatoms. The van der Waals surface area contributed by atoms with Gasteiger partial charge in [0.05, 0.1) is 6.26 Å². The minimum Gasteiger partial charge on any atom is -0.459 e. The number of likely N-dealkylation sites (tertiary alicyclic amines) is 1. The molecule has 0 saturated carbocycles. The Morgan fingerprint density at radius 3 is 2.84 bits per heavy atom. The van der Waals surface area contributed by atoms with Crippen molar-refractivity contribution in [3.05, 3.63) is 52.8 Å². The number of carbonyl (C=O) groups is 1. The first-order chi connectivity index (χ1) is 12.3. The van der Waals surface area contributed by atoms with Crippen LogP contribution in [0.1, 0.15) is 29.5 Å². The van der Waals surface area contributed by atoms with Crippen molar-refractivity contribution in [2.24, 2.45) is 0 Å². The van der Waals surface area contributed by atoms with Crippen LogP contribution in [0.2, 0.25) is 0 Å². The molecule has 0 aromatic carbocycles. The summed E-state index contributed by atoms with van der Waals surface area (Å²) in [6.07, 6.45) is 6.73. The first-order valence-electron chi connectivity index (χ1n) is 8.17. The number of rotatable bonds is 4. The third-order valence-electron chi connectivity index (χ3n) is 4.26. The minimum absolute atomic E-state index is 0.0497. The Morgan fingerprint density at radius 1 is 1.24 bits per heavy atom. The molecular formula is C18H17N3O3S. The summed E-state index contributed by atoms with van der Waals surface area (Å²) in [5.41, 5.74) is 0. The van der Waals surface area contributed by atoms with Gasteiger partial charge in [-0.2, -0.15) is 0 Å². The molecule has 1 aliphatic heterocycles. The summed E-state index contributed by atoms with van der Waals surface area (Å²) in [6, 6.07) is 7.54. The smallest absolute Gasteiger partial charge is 0.283 e. The zero-order valence-electron chi connectivity index (χ0n) is 13.5. The average Bonchev–Trinajstić information content (AvgIpc) is 3.42. The highest BCUT2D eigenvalue weighted by Gasteiger charge is 2.27. The highest BCUT2D eigenvalue weighted by Crippen LogP contribution is 2.29. The molecule has 25 heavy (non-hydrogen) atoms. The predicted molar refractivity (Wildman–Crippen MR) is 93.9 cm³/mol. The van der Waals surface area contributed by atoms with Crippen LogP contribution in [0.15, 0.2) is 50.8 Å². The van der Waals surface area contributed by atoms with Gasteiger partial charge in [0, 0.05) is 30.0 Å². The van der Waals surface area contributed by atoms with Gasteiger partial charge in [0.2, 0.25) is 11.8 Å². The van der Waals surface area contributed by atoms with E-state index < -0.39 is 0 Å². The molecule has 3 aromatic heterocycles. The molecule has 0 aliphatic carbocycles. The van der Waals surface area contributed by atoms with Crippen molar-refractivity contribution in [1.82, 2.24) is 15.1 Å². The molecule has 0 spiro atoms. The van der Waals surface area contributed by atoms with Crippen LogP contribution in [0.5, 0.6) is 0 Å². The topological polar surface area (TPSA) is 72.4 Å². The fourth-order valence-corrected chi connectivity index (χ4v) is 3.51. The number of carbonyl (C=O) groups excluding carboxylic acids is 1. The van der Waals surface area contributed by atoms with Crippen LogP contribution < -0.4 is 0 Å². The molecule has 0 N–H and O–H groups in total. The number of hydrogen-bond donors (Lipinski definition) is 0. The molecule has 0 radical (unpaired) electrons. The Bertz CT molecular complexity index is 844. The van der Waals surface area contributed by atoms with Crippen molar-refractivity contribution in [1.29, 1.82) is 0 Å². The van der Waals surface area contributed by atoms with Crippen molar-refractivity contribution >= 4 is 23.3 Å². The van der Waals surface area contributed by atoms with Crippen LogP contribution in [-0.2, 0) is 4.79 Å². The van der Waals surface area contributed by atoms with Gasteiger partial charge in [-0.1, -0.05) is 6.07 Å². The normalized spacial score (nSPS) is 15.9. The van der Waals surface area contributed by atoms with Gasteiger partial charge in [-0.25, -0.2) is 0 Å². The van der Waals surface area contributed by atoms with Crippen molar-refractivity contribution in [3.8, 4) is 11.7 Å². The third kappa shape index (κ3) is 3.56. The first-order valence-corrected chi connectivity index (χ1v) is 9.05. The van der Waals surface area contributed by atoms with E-state index in [1.54, 1.807) is 35.8 Å². The van der Waals surface area contributed by atoms with E-state index in [-0.39, 0.29) is 11.8 Å². The van der Waals surface area contributed by atoms with Crippen LogP contribution in [0.3, 0.4) is 0 Å². The van der Waals surface area contributed by atoms with Gasteiger partial charge in [0.1, 0.15) is 0 Å². The molecular weight excluding hydrogens is 338 g/mol. The molecule has 4 heterocycles. The summed E-state index contributed by atoms with van der Waals surface area (Å²) in [6.45, 7) is 1.38. The Hall–Kier alpha value is -2.67. The van der Waals surface area contributed by atoms with Crippen LogP contribution in [0.25, 0.3) is 17.7 Å². The molecule has 0 unspecified atom stereocenters.